The molecule has 0 aliphatic carbocycles. The third-order valence-electron chi connectivity index (χ3n) is 4.47. The van der Waals surface area contributed by atoms with Crippen LogP contribution in [0.3, 0.4) is 0 Å². The second-order valence-corrected chi connectivity index (χ2v) is 6.75. The van der Waals surface area contributed by atoms with Crippen LogP contribution in [0.25, 0.3) is 0 Å². The molecule has 3 rings (SSSR count). The Kier molecular flexibility index (Phi) is 7.18. The molecule has 0 aliphatic rings. The van der Waals surface area contributed by atoms with Gasteiger partial charge in [0.2, 0.25) is 0 Å². The number of alkyl halides is 3. The molecule has 31 heavy (non-hydrogen) atoms. The summed E-state index contributed by atoms with van der Waals surface area (Å²) in [5.74, 6) is -0.0764. The summed E-state index contributed by atoms with van der Waals surface area (Å²) in [5.41, 5.74) is 1.31. The Bertz CT molecular complexity index is 986. The van der Waals surface area contributed by atoms with E-state index >= 15 is 0 Å². The minimum absolute atomic E-state index is 0.0522. The summed E-state index contributed by atoms with van der Waals surface area (Å²) >= 11 is 0. The molecule has 3 aromatic carbocycles. The van der Waals surface area contributed by atoms with Gasteiger partial charge in [0.25, 0.3) is 0 Å². The van der Waals surface area contributed by atoms with Crippen LogP contribution in [0.2, 0.25) is 0 Å². The summed E-state index contributed by atoms with van der Waals surface area (Å²) in [6.07, 6.45) is -4.32. The Labute approximate surface area is 178 Å². The molecule has 162 valence electrons. The first-order valence-electron chi connectivity index (χ1n) is 9.68. The molecule has 0 aromatic heterocycles. The largest absolute Gasteiger partial charge is 0.573 e. The van der Waals surface area contributed by atoms with Crippen LogP contribution in [0, 0.1) is 0 Å². The fourth-order valence-electron chi connectivity index (χ4n) is 3.02. The maximum Gasteiger partial charge on any atom is 0.573 e. The summed E-state index contributed by atoms with van der Waals surface area (Å²) in [5, 5.41) is 0. The van der Waals surface area contributed by atoms with Crippen molar-refractivity contribution in [2.45, 2.75) is 32.2 Å². The zero-order valence-electron chi connectivity index (χ0n) is 16.8. The molecule has 0 saturated heterocycles. The zero-order valence-corrected chi connectivity index (χ0v) is 16.8. The molecule has 0 fully saturated rings. The Morgan fingerprint density at radius 2 is 1.55 bits per heavy atom. The fraction of sp³-hybridized carbons (Fsp3) is 0.208. The second kappa shape index (κ2) is 10.0. The van der Waals surface area contributed by atoms with E-state index in [1.54, 1.807) is 25.1 Å². The molecule has 4 nitrogen and oxygen atoms in total. The zero-order chi connectivity index (χ0) is 22.3. The second-order valence-electron chi connectivity index (χ2n) is 6.75. The lowest BCUT2D eigenvalue weighted by atomic mass is 9.96. The van der Waals surface area contributed by atoms with Gasteiger partial charge in [0, 0.05) is 0 Å². The van der Waals surface area contributed by atoms with Crippen LogP contribution in [0.15, 0.2) is 78.9 Å². The third-order valence-corrected chi connectivity index (χ3v) is 4.47. The molecule has 0 radical (unpaired) electrons. The molecule has 0 saturated carbocycles. The van der Waals surface area contributed by atoms with Crippen LogP contribution in [0.1, 0.15) is 30.4 Å². The van der Waals surface area contributed by atoms with E-state index in [1.807, 2.05) is 36.4 Å². The molecule has 0 heterocycles. The normalized spacial score (nSPS) is 12.1. The van der Waals surface area contributed by atoms with Gasteiger partial charge in [-0.3, -0.25) is 4.79 Å². The molecule has 3 aromatic rings. The van der Waals surface area contributed by atoms with E-state index in [-0.39, 0.29) is 12.4 Å². The average Bonchev–Trinajstić information content (AvgIpc) is 2.74. The summed E-state index contributed by atoms with van der Waals surface area (Å²) in [7, 11) is 0. The van der Waals surface area contributed by atoms with Crippen molar-refractivity contribution in [2.75, 3.05) is 0 Å². The van der Waals surface area contributed by atoms with E-state index in [0.717, 1.165) is 5.56 Å². The van der Waals surface area contributed by atoms with E-state index in [1.165, 1.54) is 24.3 Å². The number of esters is 1. The van der Waals surface area contributed by atoms with Gasteiger partial charge in [0.05, 0.1) is 5.92 Å². The van der Waals surface area contributed by atoms with Gasteiger partial charge in [-0.2, -0.15) is 0 Å². The molecule has 0 spiro atoms. The van der Waals surface area contributed by atoms with E-state index in [9.17, 15) is 18.0 Å². The lowest BCUT2D eigenvalue weighted by Gasteiger charge is -2.16. The number of hydrogen-bond donors (Lipinski definition) is 0. The highest BCUT2D eigenvalue weighted by atomic mass is 19.4. The molecular formula is C24H21F3O4. The Balaban J connectivity index is 1.60. The summed E-state index contributed by atoms with van der Waals surface area (Å²) < 4.78 is 52.0. The number of carbonyl (C=O) groups is 1. The van der Waals surface area contributed by atoms with Crippen molar-refractivity contribution in [3.8, 4) is 17.2 Å². The molecule has 1 unspecified atom stereocenters. The Hall–Kier alpha value is -3.48. The number of rotatable bonds is 8. The Morgan fingerprint density at radius 3 is 2.19 bits per heavy atom. The predicted molar refractivity (Wildman–Crippen MR) is 109 cm³/mol. The van der Waals surface area contributed by atoms with Crippen molar-refractivity contribution in [1.29, 1.82) is 0 Å². The summed E-state index contributed by atoms with van der Waals surface area (Å²) in [6, 6.07) is 21.7. The highest BCUT2D eigenvalue weighted by molar-refractivity contribution is 5.78. The first-order valence-corrected chi connectivity index (χ1v) is 9.68. The van der Waals surface area contributed by atoms with Crippen LogP contribution in [0.5, 0.6) is 17.2 Å². The molecule has 1 atom stereocenters. The lowest BCUT2D eigenvalue weighted by Crippen LogP contribution is -2.17. The van der Waals surface area contributed by atoms with Crippen molar-refractivity contribution in [1.82, 2.24) is 0 Å². The molecule has 0 aliphatic heterocycles. The third kappa shape index (κ3) is 6.77. The van der Waals surface area contributed by atoms with Crippen LogP contribution in [0.4, 0.5) is 13.2 Å². The van der Waals surface area contributed by atoms with Crippen LogP contribution < -0.4 is 9.47 Å². The van der Waals surface area contributed by atoms with E-state index in [2.05, 4.69) is 4.74 Å². The van der Waals surface area contributed by atoms with Crippen molar-refractivity contribution in [3.63, 3.8) is 0 Å². The SMILES string of the molecule is CCC(C(=O)OCc1cccc(Oc2ccccc2)c1)c1ccc(OC(F)(F)F)cc1. The first-order chi connectivity index (χ1) is 14.8. The quantitative estimate of drug-likeness (QED) is 0.377. The Morgan fingerprint density at radius 1 is 0.871 bits per heavy atom. The molecular weight excluding hydrogens is 409 g/mol. The lowest BCUT2D eigenvalue weighted by molar-refractivity contribution is -0.274. The van der Waals surface area contributed by atoms with Crippen LogP contribution >= 0.6 is 0 Å². The maximum atomic E-state index is 12.6. The van der Waals surface area contributed by atoms with Crippen molar-refractivity contribution < 1.29 is 32.2 Å². The highest BCUT2D eigenvalue weighted by Gasteiger charge is 2.31. The molecule has 7 heteroatoms. The topological polar surface area (TPSA) is 44.8 Å². The summed E-state index contributed by atoms with van der Waals surface area (Å²) in [6.45, 7) is 1.86. The van der Waals surface area contributed by atoms with E-state index in [4.69, 9.17) is 9.47 Å². The average molecular weight is 430 g/mol. The standard InChI is InChI=1S/C24H21F3O4/c1-2-22(18-11-13-20(14-12-18)31-24(25,26)27)23(28)29-16-17-7-6-10-21(15-17)30-19-8-4-3-5-9-19/h3-15,22H,2,16H2,1H3. The smallest absolute Gasteiger partial charge is 0.460 e. The van der Waals surface area contributed by atoms with Crippen LogP contribution in [-0.4, -0.2) is 12.3 Å². The van der Waals surface area contributed by atoms with Gasteiger partial charge in [0.15, 0.2) is 0 Å². The predicted octanol–water partition coefficient (Wildman–Crippen LogP) is 6.61. The van der Waals surface area contributed by atoms with Crippen LogP contribution in [-0.2, 0) is 16.1 Å². The minimum atomic E-state index is -4.76. The monoisotopic (exact) mass is 430 g/mol. The molecule has 0 N–H and O–H groups in total. The first kappa shape index (κ1) is 22.2. The minimum Gasteiger partial charge on any atom is -0.460 e. The van der Waals surface area contributed by atoms with Gasteiger partial charge in [0.1, 0.15) is 23.9 Å². The fourth-order valence-corrected chi connectivity index (χ4v) is 3.02. The summed E-state index contributed by atoms with van der Waals surface area (Å²) in [4.78, 5) is 12.6. The van der Waals surface area contributed by atoms with Gasteiger partial charge in [-0.05, 0) is 53.9 Å². The maximum absolute atomic E-state index is 12.6. The van der Waals surface area contributed by atoms with Gasteiger partial charge < -0.3 is 14.2 Å². The van der Waals surface area contributed by atoms with Gasteiger partial charge >= 0.3 is 12.3 Å². The molecule has 0 bridgehead atoms. The number of ether oxygens (including phenoxy) is 3. The molecule has 0 amide bonds. The van der Waals surface area contributed by atoms with E-state index < -0.39 is 18.2 Å². The van der Waals surface area contributed by atoms with Gasteiger partial charge in [-0.25, -0.2) is 0 Å². The highest BCUT2D eigenvalue weighted by Crippen LogP contribution is 2.28. The number of halogens is 3. The number of carbonyl (C=O) groups excluding carboxylic acids is 1. The van der Waals surface area contributed by atoms with Crippen molar-refractivity contribution >= 4 is 5.97 Å². The number of hydrogen-bond acceptors (Lipinski definition) is 4. The van der Waals surface area contributed by atoms with Crippen molar-refractivity contribution in [3.05, 3.63) is 90.0 Å². The van der Waals surface area contributed by atoms with Gasteiger partial charge in [-0.15, -0.1) is 13.2 Å². The van der Waals surface area contributed by atoms with Crippen molar-refractivity contribution in [2.24, 2.45) is 0 Å². The number of para-hydroxylation sites is 1. The van der Waals surface area contributed by atoms with E-state index in [0.29, 0.717) is 23.5 Å². The van der Waals surface area contributed by atoms with Gasteiger partial charge in [-0.1, -0.05) is 49.4 Å². The number of benzene rings is 3.